The van der Waals surface area contributed by atoms with Crippen molar-refractivity contribution in [3.05, 3.63) is 89.0 Å². The summed E-state index contributed by atoms with van der Waals surface area (Å²) in [6.07, 6.45) is 0. The van der Waals surface area contributed by atoms with Gasteiger partial charge in [0, 0.05) is 31.2 Å². The molecule has 0 bridgehead atoms. The topological polar surface area (TPSA) is 43.9 Å². The highest BCUT2D eigenvalue weighted by atomic mass is 16.2. The molecule has 0 aliphatic carbocycles. The molecule has 1 fully saturated rings. The van der Waals surface area contributed by atoms with Crippen molar-refractivity contribution in [1.82, 2.24) is 0 Å². The molecule has 1 saturated heterocycles. The zero-order chi connectivity index (χ0) is 23.0. The molecule has 1 aliphatic rings. The lowest BCUT2D eigenvalue weighted by Gasteiger charge is -2.41. The van der Waals surface area contributed by atoms with Gasteiger partial charge in [-0.15, -0.1) is 0 Å². The lowest BCUT2D eigenvalue weighted by atomic mass is 9.97. The molecule has 0 radical (unpaired) electrons. The predicted molar refractivity (Wildman–Crippen MR) is 130 cm³/mol. The van der Waals surface area contributed by atoms with Crippen LogP contribution in [-0.4, -0.2) is 32.5 Å². The van der Waals surface area contributed by atoms with Gasteiger partial charge in [0.05, 0.1) is 0 Å². The molecule has 3 aromatic rings. The number of aryl methyl sites for hydroxylation is 3. The van der Waals surface area contributed by atoms with Gasteiger partial charge in [0.25, 0.3) is 5.91 Å². The summed E-state index contributed by atoms with van der Waals surface area (Å²) in [7, 11) is 3.96. The van der Waals surface area contributed by atoms with Gasteiger partial charge in [-0.2, -0.15) is 0 Å². The molecule has 0 aromatic heterocycles. The second kappa shape index (κ2) is 8.50. The normalized spacial score (nSPS) is 16.5. The number of amides is 2. The van der Waals surface area contributed by atoms with Crippen LogP contribution in [0.15, 0.2) is 66.7 Å². The van der Waals surface area contributed by atoms with E-state index >= 15 is 0 Å². The fourth-order valence-corrected chi connectivity index (χ4v) is 4.13. The fraction of sp³-hybridized carbons (Fsp3) is 0.259. The van der Waals surface area contributed by atoms with E-state index in [0.717, 1.165) is 39.3 Å². The van der Waals surface area contributed by atoms with Gasteiger partial charge in [-0.1, -0.05) is 42.0 Å². The molecule has 5 heteroatoms. The Balaban J connectivity index is 1.83. The van der Waals surface area contributed by atoms with Crippen molar-refractivity contribution in [2.75, 3.05) is 35.3 Å². The highest BCUT2D eigenvalue weighted by Gasteiger charge is 2.42. The summed E-state index contributed by atoms with van der Waals surface area (Å²) in [6.45, 7) is 6.00. The third-order valence-electron chi connectivity index (χ3n) is 6.02. The molecule has 0 spiro atoms. The third kappa shape index (κ3) is 3.98. The van der Waals surface area contributed by atoms with E-state index in [-0.39, 0.29) is 18.4 Å². The Morgan fingerprint density at radius 2 is 1.44 bits per heavy atom. The molecule has 32 heavy (non-hydrogen) atoms. The van der Waals surface area contributed by atoms with Gasteiger partial charge in [0.15, 0.2) is 0 Å². The van der Waals surface area contributed by atoms with E-state index in [1.807, 2.05) is 106 Å². The SMILES string of the molecule is Cc1ccc(N2CC(=O)N(c3cc(C)ccc3C)[C@H](c3ccc(N(C)C)cc3)C2=O)cc1. The summed E-state index contributed by atoms with van der Waals surface area (Å²) in [5.41, 5.74) is 6.49. The molecule has 0 N–H and O–H groups in total. The van der Waals surface area contributed by atoms with E-state index in [1.165, 1.54) is 0 Å². The Morgan fingerprint density at radius 1 is 0.812 bits per heavy atom. The molecular weight excluding hydrogens is 398 g/mol. The molecule has 1 atom stereocenters. The fourth-order valence-electron chi connectivity index (χ4n) is 4.13. The maximum absolute atomic E-state index is 13.9. The lowest BCUT2D eigenvalue weighted by molar-refractivity contribution is -0.128. The number of carbonyl (C=O) groups is 2. The monoisotopic (exact) mass is 427 g/mol. The van der Waals surface area contributed by atoms with Crippen molar-refractivity contribution < 1.29 is 9.59 Å². The van der Waals surface area contributed by atoms with Crippen LogP contribution in [0.4, 0.5) is 17.1 Å². The van der Waals surface area contributed by atoms with E-state index in [1.54, 1.807) is 9.80 Å². The zero-order valence-corrected chi connectivity index (χ0v) is 19.3. The molecule has 1 aliphatic heterocycles. The van der Waals surface area contributed by atoms with Crippen LogP contribution in [0.1, 0.15) is 28.3 Å². The molecule has 0 saturated carbocycles. The summed E-state index contributed by atoms with van der Waals surface area (Å²) >= 11 is 0. The van der Waals surface area contributed by atoms with Gasteiger partial charge in [-0.25, -0.2) is 0 Å². The highest BCUT2D eigenvalue weighted by molar-refractivity contribution is 6.14. The van der Waals surface area contributed by atoms with Gasteiger partial charge in [-0.3, -0.25) is 14.5 Å². The molecular formula is C27H29N3O2. The number of hydrogen-bond donors (Lipinski definition) is 0. The van der Waals surface area contributed by atoms with Crippen LogP contribution in [0.3, 0.4) is 0 Å². The molecule has 2 amide bonds. The van der Waals surface area contributed by atoms with Crippen molar-refractivity contribution in [2.45, 2.75) is 26.8 Å². The number of benzene rings is 3. The van der Waals surface area contributed by atoms with Gasteiger partial charge in [-0.05, 0) is 67.8 Å². The average Bonchev–Trinajstić information content (AvgIpc) is 2.77. The predicted octanol–water partition coefficient (Wildman–Crippen LogP) is 4.80. The first kappa shape index (κ1) is 21.6. The zero-order valence-electron chi connectivity index (χ0n) is 19.3. The van der Waals surface area contributed by atoms with Crippen LogP contribution < -0.4 is 14.7 Å². The minimum Gasteiger partial charge on any atom is -0.378 e. The van der Waals surface area contributed by atoms with Crippen molar-refractivity contribution >= 4 is 28.9 Å². The maximum atomic E-state index is 13.9. The van der Waals surface area contributed by atoms with Gasteiger partial charge in [0.1, 0.15) is 12.6 Å². The first-order chi connectivity index (χ1) is 15.3. The highest BCUT2D eigenvalue weighted by Crippen LogP contribution is 2.37. The average molecular weight is 428 g/mol. The summed E-state index contributed by atoms with van der Waals surface area (Å²) in [6, 6.07) is 20.9. The van der Waals surface area contributed by atoms with Crippen LogP contribution >= 0.6 is 0 Å². The number of anilines is 3. The first-order valence-corrected chi connectivity index (χ1v) is 10.8. The van der Waals surface area contributed by atoms with Crippen LogP contribution in [-0.2, 0) is 9.59 Å². The van der Waals surface area contributed by atoms with Gasteiger partial charge >= 0.3 is 0 Å². The second-order valence-corrected chi connectivity index (χ2v) is 8.70. The molecule has 164 valence electrons. The quantitative estimate of drug-likeness (QED) is 0.601. The van der Waals surface area contributed by atoms with Crippen LogP contribution in [0.25, 0.3) is 0 Å². The van der Waals surface area contributed by atoms with Crippen LogP contribution in [0.2, 0.25) is 0 Å². The molecule has 5 nitrogen and oxygen atoms in total. The van der Waals surface area contributed by atoms with Gasteiger partial charge < -0.3 is 9.80 Å². The second-order valence-electron chi connectivity index (χ2n) is 8.70. The van der Waals surface area contributed by atoms with Crippen LogP contribution in [0, 0.1) is 20.8 Å². The summed E-state index contributed by atoms with van der Waals surface area (Å²) < 4.78 is 0. The molecule has 1 heterocycles. The Hall–Kier alpha value is -3.60. The van der Waals surface area contributed by atoms with Crippen LogP contribution in [0.5, 0.6) is 0 Å². The Kier molecular flexibility index (Phi) is 5.74. The Morgan fingerprint density at radius 3 is 2.06 bits per heavy atom. The number of hydrogen-bond acceptors (Lipinski definition) is 3. The smallest absolute Gasteiger partial charge is 0.255 e. The Labute approximate surface area is 189 Å². The van der Waals surface area contributed by atoms with E-state index in [9.17, 15) is 9.59 Å². The molecule has 3 aromatic carbocycles. The van der Waals surface area contributed by atoms with Crippen molar-refractivity contribution in [3.63, 3.8) is 0 Å². The number of carbonyl (C=O) groups excluding carboxylic acids is 2. The van der Waals surface area contributed by atoms with Crippen molar-refractivity contribution in [1.29, 1.82) is 0 Å². The minimum atomic E-state index is -0.728. The summed E-state index contributed by atoms with van der Waals surface area (Å²) in [4.78, 5) is 32.7. The van der Waals surface area contributed by atoms with E-state index < -0.39 is 6.04 Å². The number of piperazine rings is 1. The van der Waals surface area contributed by atoms with E-state index in [4.69, 9.17) is 0 Å². The van der Waals surface area contributed by atoms with Gasteiger partial charge in [0.2, 0.25) is 5.91 Å². The largest absolute Gasteiger partial charge is 0.378 e. The summed E-state index contributed by atoms with van der Waals surface area (Å²) in [5, 5.41) is 0. The molecule has 0 unspecified atom stereocenters. The van der Waals surface area contributed by atoms with E-state index in [2.05, 4.69) is 0 Å². The summed E-state index contributed by atoms with van der Waals surface area (Å²) in [5.74, 6) is -0.201. The number of nitrogens with zero attached hydrogens (tertiary/aromatic N) is 3. The lowest BCUT2D eigenvalue weighted by Crippen LogP contribution is -2.56. The Bertz CT molecular complexity index is 1150. The van der Waals surface area contributed by atoms with Crippen molar-refractivity contribution in [2.24, 2.45) is 0 Å². The standard InChI is InChI=1S/C27H29N3O2/c1-18-7-12-23(13-8-18)29-17-25(31)30(24-16-19(2)6-9-20(24)3)26(27(29)32)21-10-14-22(15-11-21)28(4)5/h6-16,26H,17H2,1-5H3/t26-/m1/s1. The maximum Gasteiger partial charge on any atom is 0.255 e. The van der Waals surface area contributed by atoms with Crippen molar-refractivity contribution in [3.8, 4) is 0 Å². The van der Waals surface area contributed by atoms with E-state index in [0.29, 0.717) is 0 Å². The number of rotatable bonds is 4. The molecule has 4 rings (SSSR count). The minimum absolute atomic E-state index is 0.0154. The first-order valence-electron chi connectivity index (χ1n) is 10.8. The third-order valence-corrected chi connectivity index (χ3v) is 6.02.